The Balaban J connectivity index is 0.00000143. The second kappa shape index (κ2) is 26.3. The number of alkyl halides is 3. The maximum Gasteiger partial charge on any atom is 0.490 e. The van der Waals surface area contributed by atoms with Crippen molar-refractivity contribution in [2.45, 2.75) is 102 Å². The number of nitrogens with one attached hydrogen (secondary N) is 5. The van der Waals surface area contributed by atoms with Crippen LogP contribution in [-0.2, 0) is 41.6 Å². The summed E-state index contributed by atoms with van der Waals surface area (Å²) in [5.41, 5.74) is 0.885. The quantitative estimate of drug-likeness (QED) is 0.0805. The summed E-state index contributed by atoms with van der Waals surface area (Å²) >= 11 is 16.6. The van der Waals surface area contributed by atoms with Gasteiger partial charge in [-0.15, -0.1) is 0 Å². The molecule has 2 aliphatic rings. The van der Waals surface area contributed by atoms with Crippen molar-refractivity contribution in [1.29, 1.82) is 0 Å². The molecule has 0 aliphatic carbocycles. The molecule has 15 nitrogen and oxygen atoms in total. The molecule has 0 bridgehead atoms. The number of hydrogen-bond acceptors (Lipinski definition) is 8. The number of carboxylic acids is 1. The van der Waals surface area contributed by atoms with Gasteiger partial charge in [0.15, 0.2) is 0 Å². The zero-order valence-electron chi connectivity index (χ0n) is 35.9. The Morgan fingerprint density at radius 3 is 2.20 bits per heavy atom. The van der Waals surface area contributed by atoms with Crippen molar-refractivity contribution < 1.29 is 51.8 Å². The van der Waals surface area contributed by atoms with Crippen LogP contribution in [0.15, 0.2) is 48.5 Å². The van der Waals surface area contributed by atoms with Gasteiger partial charge in [-0.1, -0.05) is 66.0 Å². The van der Waals surface area contributed by atoms with E-state index in [1.54, 1.807) is 28.0 Å². The number of nitrogens with zero attached hydrogens (tertiary/aromatic N) is 2. The van der Waals surface area contributed by atoms with Crippen LogP contribution in [0.1, 0.15) is 76.3 Å². The van der Waals surface area contributed by atoms with Gasteiger partial charge in [-0.3, -0.25) is 24.0 Å². The number of hydrogen-bond donors (Lipinski definition) is 7. The minimum atomic E-state index is -5.08. The summed E-state index contributed by atoms with van der Waals surface area (Å²) in [6.45, 7) is 5.71. The fourth-order valence-electron chi connectivity index (χ4n) is 7.60. The molecule has 2 aromatic carbocycles. The van der Waals surface area contributed by atoms with E-state index < -0.39 is 35.7 Å². The first-order valence-corrected chi connectivity index (χ1v) is 22.5. The topological polar surface area (TPSA) is 206 Å². The highest BCUT2D eigenvalue weighted by Crippen LogP contribution is 2.35. The van der Waals surface area contributed by atoms with E-state index in [0.717, 1.165) is 12.0 Å². The lowest BCUT2D eigenvalue weighted by Gasteiger charge is -2.43. The van der Waals surface area contributed by atoms with Crippen LogP contribution in [0.4, 0.5) is 18.0 Å². The number of thiol groups is 1. The standard InChI is InChI=1S/C41H57Cl2N7O6S.C2HF3O2/c1-3-44-39(55)41(24-29-12-6-4-7-13-29)18-11-21-50(27-41)38(54)34(23-30-16-17-32(42)33(43)22-30)48-40(56)47-31-14-10-20-49(25-31)36(52)15-8-5-9-19-45-37(53)35(26-57)46-28(2)51;3-2(4,5)1(6)7/h4,6-7,12-13,16-17,22,31,34-35,57H,3,5,8-11,14-15,18-21,23-27H2,1-2H3,(H,44,55)(H,45,53)(H,46,51)(H2,47,48,56);(H,6,7). The Hall–Kier alpha value is -4.75. The monoisotopic (exact) mass is 959 g/mol. The predicted molar refractivity (Wildman–Crippen MR) is 239 cm³/mol. The number of halogens is 5. The average Bonchev–Trinajstić information content (AvgIpc) is 3.25. The van der Waals surface area contributed by atoms with Crippen LogP contribution in [-0.4, -0.2) is 126 Å². The lowest BCUT2D eigenvalue weighted by atomic mass is 9.74. The molecule has 7 amide bonds. The van der Waals surface area contributed by atoms with Crippen LogP contribution < -0.4 is 26.6 Å². The minimum Gasteiger partial charge on any atom is -0.475 e. The van der Waals surface area contributed by atoms with Crippen LogP contribution >= 0.6 is 35.8 Å². The van der Waals surface area contributed by atoms with Crippen LogP contribution in [0.2, 0.25) is 10.0 Å². The van der Waals surface area contributed by atoms with Crippen LogP contribution in [0.3, 0.4) is 0 Å². The van der Waals surface area contributed by atoms with Gasteiger partial charge in [0.1, 0.15) is 12.1 Å². The Morgan fingerprint density at radius 2 is 1.58 bits per heavy atom. The molecule has 64 heavy (non-hydrogen) atoms. The SMILES string of the molecule is CCNC(=O)C1(Cc2ccccc2)CCCN(C(=O)C(Cc2ccc(Cl)c(Cl)c2)NC(=O)NC2CCCN(C(=O)CCCCCNC(=O)C(CS)NC(C)=O)C2)C1.O=C(O)C(F)(F)F. The number of aliphatic carboxylic acids is 1. The highest BCUT2D eigenvalue weighted by molar-refractivity contribution is 7.80. The number of benzene rings is 2. The second-order valence-corrected chi connectivity index (χ2v) is 17.0. The van der Waals surface area contributed by atoms with Gasteiger partial charge in [-0.2, -0.15) is 25.8 Å². The lowest BCUT2D eigenvalue weighted by Crippen LogP contribution is -2.60. The molecular weight excluding hydrogens is 902 g/mol. The molecule has 0 radical (unpaired) electrons. The van der Waals surface area contributed by atoms with Crippen LogP contribution in [0.25, 0.3) is 0 Å². The van der Waals surface area contributed by atoms with Gasteiger partial charge >= 0.3 is 18.2 Å². The van der Waals surface area contributed by atoms with E-state index in [0.29, 0.717) is 99.7 Å². The largest absolute Gasteiger partial charge is 0.490 e. The minimum absolute atomic E-state index is 0.00407. The molecule has 4 atom stereocenters. The predicted octanol–water partition coefficient (Wildman–Crippen LogP) is 4.93. The molecule has 2 aliphatic heterocycles. The van der Waals surface area contributed by atoms with E-state index in [1.807, 2.05) is 37.3 Å². The van der Waals surface area contributed by atoms with Crippen molar-refractivity contribution in [1.82, 2.24) is 36.4 Å². The van der Waals surface area contributed by atoms with Crippen molar-refractivity contribution in [3.63, 3.8) is 0 Å². The zero-order chi connectivity index (χ0) is 47.5. The molecule has 0 saturated carbocycles. The molecule has 2 saturated heterocycles. The second-order valence-electron chi connectivity index (χ2n) is 15.8. The van der Waals surface area contributed by atoms with E-state index in [9.17, 15) is 41.9 Å². The van der Waals surface area contributed by atoms with Crippen molar-refractivity contribution in [3.8, 4) is 0 Å². The Morgan fingerprint density at radius 1 is 0.891 bits per heavy atom. The highest BCUT2D eigenvalue weighted by atomic mass is 35.5. The molecule has 4 unspecified atom stereocenters. The molecule has 2 aromatic rings. The van der Waals surface area contributed by atoms with Crippen molar-refractivity contribution >= 4 is 77.4 Å². The van der Waals surface area contributed by atoms with E-state index in [-0.39, 0.29) is 54.3 Å². The number of piperidine rings is 2. The lowest BCUT2D eigenvalue weighted by molar-refractivity contribution is -0.192. The molecule has 2 heterocycles. The van der Waals surface area contributed by atoms with Crippen LogP contribution in [0.5, 0.6) is 0 Å². The number of likely N-dealkylation sites (tertiary alicyclic amines) is 2. The third kappa shape index (κ3) is 17.7. The average molecular weight is 961 g/mol. The molecule has 354 valence electrons. The first-order valence-electron chi connectivity index (χ1n) is 21.1. The summed E-state index contributed by atoms with van der Waals surface area (Å²) < 4.78 is 31.7. The van der Waals surface area contributed by atoms with Crippen molar-refractivity contribution in [2.24, 2.45) is 5.41 Å². The first kappa shape index (κ1) is 53.6. The van der Waals surface area contributed by atoms with Gasteiger partial charge in [0, 0.05) is 70.8 Å². The Labute approximate surface area is 386 Å². The number of amides is 7. The van der Waals surface area contributed by atoms with Crippen LogP contribution in [0, 0.1) is 5.41 Å². The normalized spacial score (nSPS) is 18.3. The van der Waals surface area contributed by atoms with Crippen molar-refractivity contribution in [3.05, 3.63) is 69.7 Å². The number of carbonyl (C=O) groups excluding carboxylic acids is 6. The number of urea groups is 1. The first-order chi connectivity index (χ1) is 30.3. The molecule has 2 fully saturated rings. The van der Waals surface area contributed by atoms with Gasteiger partial charge in [0.2, 0.25) is 29.5 Å². The third-order valence-electron chi connectivity index (χ3n) is 10.7. The summed E-state index contributed by atoms with van der Waals surface area (Å²) in [7, 11) is 0. The fourth-order valence-corrected chi connectivity index (χ4v) is 8.18. The van der Waals surface area contributed by atoms with Crippen molar-refractivity contribution in [2.75, 3.05) is 45.0 Å². The molecular formula is C43H58Cl2F3N7O8S. The molecule has 4 rings (SSSR count). The van der Waals surface area contributed by atoms with Gasteiger partial charge in [-0.25, -0.2) is 9.59 Å². The summed E-state index contributed by atoms with van der Waals surface area (Å²) in [6, 6.07) is 12.4. The van der Waals surface area contributed by atoms with E-state index in [2.05, 4.69) is 39.2 Å². The number of carbonyl (C=O) groups is 7. The van der Waals surface area contributed by atoms with Gasteiger partial charge in [-0.05, 0) is 75.1 Å². The summed E-state index contributed by atoms with van der Waals surface area (Å²) in [6.07, 6.45) is 0.583. The fraction of sp³-hybridized carbons (Fsp3) is 0.558. The smallest absolute Gasteiger partial charge is 0.475 e. The van der Waals surface area contributed by atoms with Gasteiger partial charge in [0.05, 0.1) is 15.5 Å². The summed E-state index contributed by atoms with van der Waals surface area (Å²) in [4.78, 5) is 90.7. The van der Waals surface area contributed by atoms with Gasteiger partial charge < -0.3 is 41.5 Å². The molecule has 6 N–H and O–H groups in total. The highest BCUT2D eigenvalue weighted by Gasteiger charge is 2.44. The maximum absolute atomic E-state index is 14.4. The molecule has 0 aromatic heterocycles. The summed E-state index contributed by atoms with van der Waals surface area (Å²) in [5, 5.41) is 22.1. The number of rotatable bonds is 18. The number of carboxylic acid groups (broad SMARTS) is 1. The third-order valence-corrected chi connectivity index (χ3v) is 11.8. The van der Waals surface area contributed by atoms with E-state index in [4.69, 9.17) is 33.1 Å². The molecule has 0 spiro atoms. The van der Waals surface area contributed by atoms with E-state index in [1.165, 1.54) is 6.92 Å². The zero-order valence-corrected chi connectivity index (χ0v) is 38.3. The summed E-state index contributed by atoms with van der Waals surface area (Å²) in [5.74, 6) is -3.55. The molecule has 21 heteroatoms. The number of unbranched alkanes of at least 4 members (excludes halogenated alkanes) is 2. The van der Waals surface area contributed by atoms with Gasteiger partial charge in [0.25, 0.3) is 0 Å². The Kier molecular flexibility index (Phi) is 22.0. The Bertz CT molecular complexity index is 1920. The van der Waals surface area contributed by atoms with E-state index >= 15 is 0 Å². The maximum atomic E-state index is 14.4.